The smallest absolute Gasteiger partial charge is 0.289 e. The Balaban J connectivity index is 1.69. The summed E-state index contributed by atoms with van der Waals surface area (Å²) in [6.45, 7) is 5.78. The zero-order chi connectivity index (χ0) is 17.2. The van der Waals surface area contributed by atoms with Gasteiger partial charge in [0.15, 0.2) is 5.76 Å². The lowest BCUT2D eigenvalue weighted by Crippen LogP contribution is -2.54. The van der Waals surface area contributed by atoms with E-state index in [9.17, 15) is 4.79 Å². The van der Waals surface area contributed by atoms with E-state index in [1.807, 2.05) is 35.2 Å². The van der Waals surface area contributed by atoms with Crippen molar-refractivity contribution in [1.29, 1.82) is 0 Å². The molecule has 2 aromatic rings. The Bertz CT molecular complexity index is 694. The van der Waals surface area contributed by atoms with E-state index in [-0.39, 0.29) is 17.4 Å². The number of furan rings is 1. The average Bonchev–Trinajstić information content (AvgIpc) is 3.04. The number of para-hydroxylation sites is 1. The van der Waals surface area contributed by atoms with Crippen molar-refractivity contribution in [2.24, 2.45) is 11.1 Å². The van der Waals surface area contributed by atoms with E-state index in [4.69, 9.17) is 14.9 Å². The second-order valence-electron chi connectivity index (χ2n) is 6.99. The molecule has 1 fully saturated rings. The van der Waals surface area contributed by atoms with Gasteiger partial charge in [0.05, 0.1) is 6.26 Å². The average molecular weight is 328 g/mol. The van der Waals surface area contributed by atoms with Crippen LogP contribution in [0.15, 0.2) is 47.1 Å². The van der Waals surface area contributed by atoms with Gasteiger partial charge in [-0.25, -0.2) is 0 Å². The highest BCUT2D eigenvalue weighted by molar-refractivity contribution is 5.93. The summed E-state index contributed by atoms with van der Waals surface area (Å²) < 4.78 is 11.2. The van der Waals surface area contributed by atoms with Gasteiger partial charge < -0.3 is 19.8 Å². The summed E-state index contributed by atoms with van der Waals surface area (Å²) in [5, 5.41) is 0. The van der Waals surface area contributed by atoms with Crippen LogP contribution in [0, 0.1) is 5.41 Å². The number of hydrogen-bond donors (Lipinski definition) is 1. The van der Waals surface area contributed by atoms with E-state index in [2.05, 4.69) is 13.8 Å². The molecule has 1 aromatic carbocycles. The third-order valence-electron chi connectivity index (χ3n) is 4.68. The topological polar surface area (TPSA) is 68.7 Å². The number of nitrogens with two attached hydrogens (primary N) is 1. The van der Waals surface area contributed by atoms with Gasteiger partial charge in [0.1, 0.15) is 12.4 Å². The lowest BCUT2D eigenvalue weighted by molar-refractivity contribution is 0.0500. The molecular weight excluding hydrogens is 304 g/mol. The molecule has 128 valence electrons. The van der Waals surface area contributed by atoms with Crippen LogP contribution < -0.4 is 10.5 Å². The minimum atomic E-state index is -0.0960. The quantitative estimate of drug-likeness (QED) is 0.936. The van der Waals surface area contributed by atoms with Crippen molar-refractivity contribution in [3.05, 3.63) is 54.0 Å². The maximum absolute atomic E-state index is 12.8. The molecule has 1 saturated heterocycles. The lowest BCUT2D eigenvalue weighted by atomic mass is 9.79. The van der Waals surface area contributed by atoms with Crippen LogP contribution in [0.4, 0.5) is 0 Å². The number of likely N-dealkylation sites (tertiary alicyclic amines) is 1. The van der Waals surface area contributed by atoms with Crippen LogP contribution in [0.1, 0.15) is 36.4 Å². The summed E-state index contributed by atoms with van der Waals surface area (Å²) in [5.41, 5.74) is 6.82. The fourth-order valence-electron chi connectivity index (χ4n) is 3.01. The number of nitrogens with zero attached hydrogens (tertiary/aromatic N) is 1. The van der Waals surface area contributed by atoms with E-state index in [1.54, 1.807) is 6.07 Å². The fraction of sp³-hybridized carbons (Fsp3) is 0.421. The van der Waals surface area contributed by atoms with E-state index < -0.39 is 0 Å². The molecular formula is C19H24N2O3. The first-order chi connectivity index (χ1) is 11.5. The van der Waals surface area contributed by atoms with Crippen LogP contribution in [0.5, 0.6) is 5.75 Å². The molecule has 1 atom stereocenters. The van der Waals surface area contributed by atoms with Crippen LogP contribution in [0.25, 0.3) is 0 Å². The molecule has 1 unspecified atom stereocenters. The Labute approximate surface area is 142 Å². The van der Waals surface area contributed by atoms with Gasteiger partial charge in [-0.2, -0.15) is 0 Å². The van der Waals surface area contributed by atoms with Crippen molar-refractivity contribution in [2.75, 3.05) is 13.1 Å². The van der Waals surface area contributed by atoms with Crippen LogP contribution in [-0.2, 0) is 6.61 Å². The van der Waals surface area contributed by atoms with Gasteiger partial charge in [0, 0.05) is 24.7 Å². The third kappa shape index (κ3) is 3.46. The minimum Gasteiger partial charge on any atom is -0.489 e. The number of carbonyl (C=O) groups excluding carboxylic acids is 1. The summed E-state index contributed by atoms with van der Waals surface area (Å²) in [4.78, 5) is 14.7. The molecule has 0 saturated carbocycles. The van der Waals surface area contributed by atoms with E-state index in [0.717, 1.165) is 17.7 Å². The molecule has 0 aliphatic carbocycles. The summed E-state index contributed by atoms with van der Waals surface area (Å²) in [5.74, 6) is 1.03. The van der Waals surface area contributed by atoms with Gasteiger partial charge in [-0.05, 0) is 30.0 Å². The van der Waals surface area contributed by atoms with Gasteiger partial charge in [-0.3, -0.25) is 4.79 Å². The SMILES string of the molecule is CC1(C)CN(C(=O)c2occc2COc2ccccc2)CCC1N. The summed E-state index contributed by atoms with van der Waals surface area (Å²) in [6.07, 6.45) is 2.34. The maximum Gasteiger partial charge on any atom is 0.289 e. The minimum absolute atomic E-state index is 0.0911. The highest BCUT2D eigenvalue weighted by Gasteiger charge is 2.36. The Kier molecular flexibility index (Phi) is 4.62. The number of piperidine rings is 1. The first kappa shape index (κ1) is 16.6. The molecule has 5 heteroatoms. The molecule has 1 aliphatic rings. The van der Waals surface area contributed by atoms with Crippen LogP contribution in [-0.4, -0.2) is 29.9 Å². The van der Waals surface area contributed by atoms with Crippen LogP contribution >= 0.6 is 0 Å². The largest absolute Gasteiger partial charge is 0.489 e. The maximum atomic E-state index is 12.8. The van der Waals surface area contributed by atoms with Gasteiger partial charge in [-0.1, -0.05) is 32.0 Å². The van der Waals surface area contributed by atoms with E-state index >= 15 is 0 Å². The molecule has 2 N–H and O–H groups in total. The number of carbonyl (C=O) groups is 1. The Hall–Kier alpha value is -2.27. The van der Waals surface area contributed by atoms with Crippen molar-refractivity contribution < 1.29 is 13.9 Å². The number of benzene rings is 1. The molecule has 0 radical (unpaired) electrons. The molecule has 0 spiro atoms. The Morgan fingerprint density at radius 3 is 2.79 bits per heavy atom. The summed E-state index contributed by atoms with van der Waals surface area (Å²) in [6, 6.07) is 11.4. The molecule has 3 rings (SSSR count). The van der Waals surface area contributed by atoms with E-state index in [0.29, 0.717) is 25.5 Å². The predicted molar refractivity (Wildman–Crippen MR) is 91.8 cm³/mol. The number of hydrogen-bond acceptors (Lipinski definition) is 4. The van der Waals surface area contributed by atoms with Crippen molar-refractivity contribution >= 4 is 5.91 Å². The van der Waals surface area contributed by atoms with Crippen molar-refractivity contribution in [3.63, 3.8) is 0 Å². The van der Waals surface area contributed by atoms with Gasteiger partial charge in [0.25, 0.3) is 5.91 Å². The Morgan fingerprint density at radius 1 is 1.33 bits per heavy atom. The second kappa shape index (κ2) is 6.69. The lowest BCUT2D eigenvalue weighted by Gasteiger charge is -2.42. The first-order valence-electron chi connectivity index (χ1n) is 8.26. The van der Waals surface area contributed by atoms with Crippen molar-refractivity contribution in [2.45, 2.75) is 32.9 Å². The molecule has 1 amide bonds. The molecule has 5 nitrogen and oxygen atoms in total. The number of amides is 1. The zero-order valence-corrected chi connectivity index (χ0v) is 14.2. The van der Waals surface area contributed by atoms with Crippen molar-refractivity contribution in [1.82, 2.24) is 4.90 Å². The van der Waals surface area contributed by atoms with E-state index in [1.165, 1.54) is 6.26 Å². The van der Waals surface area contributed by atoms with Gasteiger partial charge in [-0.15, -0.1) is 0 Å². The van der Waals surface area contributed by atoms with Gasteiger partial charge in [0.2, 0.25) is 0 Å². The van der Waals surface area contributed by atoms with Crippen molar-refractivity contribution in [3.8, 4) is 5.75 Å². The van der Waals surface area contributed by atoms with Crippen LogP contribution in [0.2, 0.25) is 0 Å². The molecule has 1 aliphatic heterocycles. The van der Waals surface area contributed by atoms with Crippen LogP contribution in [0.3, 0.4) is 0 Å². The first-order valence-corrected chi connectivity index (χ1v) is 8.26. The highest BCUT2D eigenvalue weighted by atomic mass is 16.5. The fourth-order valence-corrected chi connectivity index (χ4v) is 3.01. The second-order valence-corrected chi connectivity index (χ2v) is 6.99. The zero-order valence-electron chi connectivity index (χ0n) is 14.2. The molecule has 2 heterocycles. The third-order valence-corrected chi connectivity index (χ3v) is 4.68. The Morgan fingerprint density at radius 2 is 2.08 bits per heavy atom. The van der Waals surface area contributed by atoms with Gasteiger partial charge >= 0.3 is 0 Å². The summed E-state index contributed by atoms with van der Waals surface area (Å²) >= 11 is 0. The highest BCUT2D eigenvalue weighted by Crippen LogP contribution is 2.29. The molecule has 24 heavy (non-hydrogen) atoms. The normalized spacial score (nSPS) is 20.0. The number of ether oxygens (including phenoxy) is 1. The molecule has 1 aromatic heterocycles. The predicted octanol–water partition coefficient (Wildman–Crippen LogP) is 3.06. The summed E-state index contributed by atoms with van der Waals surface area (Å²) in [7, 11) is 0. The monoisotopic (exact) mass is 328 g/mol. The molecule has 0 bridgehead atoms. The number of rotatable bonds is 4. The standard InChI is InChI=1S/C19H24N2O3/c1-19(2)13-21(10-8-16(19)20)18(22)17-14(9-11-23-17)12-24-15-6-4-3-5-7-15/h3-7,9,11,16H,8,10,12-13,20H2,1-2H3.